The number of benzene rings is 2. The summed E-state index contributed by atoms with van der Waals surface area (Å²) in [6, 6.07) is 14.6. The van der Waals surface area contributed by atoms with Gasteiger partial charge in [0.1, 0.15) is 5.75 Å². The lowest BCUT2D eigenvalue weighted by Crippen LogP contribution is -2.49. The number of nitrogens with one attached hydrogen (secondary N) is 2. The van der Waals surface area contributed by atoms with Gasteiger partial charge in [-0.3, -0.25) is 14.5 Å². The number of piperazine rings is 1. The standard InChI is InChI=1S/C22H27ClN4O3/c1-26-11-13-27(14-12-26)20(16-7-9-17(30-2)10-8-16)15-24-21(28)22(29)25-19-6-4-3-5-18(19)23/h3-10,20H,11-15H2,1-2H3,(H,24,28)(H,25,29)/t20-/m0/s1. The number of anilines is 1. The monoisotopic (exact) mass is 430 g/mol. The smallest absolute Gasteiger partial charge is 0.313 e. The van der Waals surface area contributed by atoms with E-state index < -0.39 is 11.8 Å². The normalized spacial score (nSPS) is 16.0. The number of hydrogen-bond donors (Lipinski definition) is 2. The Hall–Kier alpha value is -2.61. The van der Waals surface area contributed by atoms with Crippen molar-refractivity contribution in [3.05, 3.63) is 59.1 Å². The van der Waals surface area contributed by atoms with Crippen molar-refractivity contribution in [1.29, 1.82) is 0 Å². The van der Waals surface area contributed by atoms with E-state index in [9.17, 15) is 9.59 Å². The van der Waals surface area contributed by atoms with Crippen LogP contribution in [0.2, 0.25) is 5.02 Å². The number of carbonyl (C=O) groups is 2. The number of carbonyl (C=O) groups excluding carboxylic acids is 2. The molecule has 1 fully saturated rings. The number of nitrogens with zero attached hydrogens (tertiary/aromatic N) is 2. The van der Waals surface area contributed by atoms with Gasteiger partial charge in [-0.05, 0) is 36.9 Å². The van der Waals surface area contributed by atoms with Crippen LogP contribution in [-0.2, 0) is 9.59 Å². The maximum absolute atomic E-state index is 12.4. The van der Waals surface area contributed by atoms with Crippen LogP contribution in [0.4, 0.5) is 5.69 Å². The zero-order chi connectivity index (χ0) is 21.5. The molecule has 8 heteroatoms. The van der Waals surface area contributed by atoms with E-state index in [0.717, 1.165) is 37.5 Å². The topological polar surface area (TPSA) is 73.9 Å². The number of amides is 2. The third kappa shape index (κ3) is 5.72. The minimum atomic E-state index is -0.741. The van der Waals surface area contributed by atoms with Gasteiger partial charge in [-0.15, -0.1) is 0 Å². The Kier molecular flexibility index (Phi) is 7.68. The van der Waals surface area contributed by atoms with E-state index in [2.05, 4.69) is 27.5 Å². The van der Waals surface area contributed by atoms with Crippen molar-refractivity contribution in [3.63, 3.8) is 0 Å². The van der Waals surface area contributed by atoms with Crippen LogP contribution in [0.3, 0.4) is 0 Å². The highest BCUT2D eigenvalue weighted by Gasteiger charge is 2.25. The average molecular weight is 431 g/mol. The Morgan fingerprint density at radius 3 is 2.33 bits per heavy atom. The van der Waals surface area contributed by atoms with Gasteiger partial charge in [-0.25, -0.2) is 0 Å². The van der Waals surface area contributed by atoms with Crippen molar-refractivity contribution in [2.45, 2.75) is 6.04 Å². The van der Waals surface area contributed by atoms with E-state index in [1.54, 1.807) is 31.4 Å². The number of ether oxygens (including phenoxy) is 1. The Bertz CT molecular complexity index is 867. The van der Waals surface area contributed by atoms with Crippen LogP contribution >= 0.6 is 11.6 Å². The SMILES string of the molecule is COc1ccc([C@H](CNC(=O)C(=O)Nc2ccccc2Cl)N2CCN(C)CC2)cc1. The lowest BCUT2D eigenvalue weighted by atomic mass is 10.0. The zero-order valence-electron chi connectivity index (χ0n) is 17.2. The van der Waals surface area contributed by atoms with E-state index in [1.807, 2.05) is 24.3 Å². The highest BCUT2D eigenvalue weighted by molar-refractivity contribution is 6.41. The Balaban J connectivity index is 1.66. The summed E-state index contributed by atoms with van der Waals surface area (Å²) < 4.78 is 5.25. The third-order valence-corrected chi connectivity index (χ3v) is 5.59. The summed E-state index contributed by atoms with van der Waals surface area (Å²) in [6.07, 6.45) is 0. The lowest BCUT2D eigenvalue weighted by molar-refractivity contribution is -0.136. The molecular formula is C22H27ClN4O3. The second-order valence-corrected chi connectivity index (χ2v) is 7.68. The zero-order valence-corrected chi connectivity index (χ0v) is 18.0. The van der Waals surface area contributed by atoms with Crippen LogP contribution in [-0.4, -0.2) is 68.5 Å². The summed E-state index contributed by atoms with van der Waals surface area (Å²) in [5, 5.41) is 5.71. The van der Waals surface area contributed by atoms with Crippen molar-refractivity contribution in [2.24, 2.45) is 0 Å². The van der Waals surface area contributed by atoms with Gasteiger partial charge in [0.25, 0.3) is 0 Å². The predicted octanol–water partition coefficient (Wildman–Crippen LogP) is 2.39. The largest absolute Gasteiger partial charge is 0.497 e. The molecule has 30 heavy (non-hydrogen) atoms. The average Bonchev–Trinajstić information content (AvgIpc) is 2.77. The van der Waals surface area contributed by atoms with E-state index in [0.29, 0.717) is 17.3 Å². The highest BCUT2D eigenvalue weighted by Crippen LogP contribution is 2.24. The van der Waals surface area contributed by atoms with Crippen molar-refractivity contribution in [3.8, 4) is 5.75 Å². The molecular weight excluding hydrogens is 404 g/mol. The summed E-state index contributed by atoms with van der Waals surface area (Å²) >= 11 is 6.05. The maximum atomic E-state index is 12.4. The molecule has 0 saturated carbocycles. The second-order valence-electron chi connectivity index (χ2n) is 7.27. The Morgan fingerprint density at radius 2 is 1.70 bits per heavy atom. The molecule has 2 aromatic rings. The van der Waals surface area contributed by atoms with E-state index in [1.165, 1.54) is 0 Å². The van der Waals surface area contributed by atoms with Crippen LogP contribution in [0.1, 0.15) is 11.6 Å². The fourth-order valence-corrected chi connectivity index (χ4v) is 3.61. The maximum Gasteiger partial charge on any atom is 0.313 e. The predicted molar refractivity (Wildman–Crippen MR) is 118 cm³/mol. The first kappa shape index (κ1) is 22.1. The molecule has 160 valence electrons. The number of methoxy groups -OCH3 is 1. The molecule has 2 aromatic carbocycles. The number of para-hydroxylation sites is 1. The number of rotatable bonds is 6. The molecule has 0 aromatic heterocycles. The van der Waals surface area contributed by atoms with Gasteiger partial charge in [0.2, 0.25) is 0 Å². The van der Waals surface area contributed by atoms with E-state index in [4.69, 9.17) is 16.3 Å². The molecule has 7 nitrogen and oxygen atoms in total. The second kappa shape index (κ2) is 10.4. The number of likely N-dealkylation sites (N-methyl/N-ethyl adjacent to an activating group) is 1. The van der Waals surface area contributed by atoms with Gasteiger partial charge in [-0.1, -0.05) is 35.9 Å². The van der Waals surface area contributed by atoms with Gasteiger partial charge in [-0.2, -0.15) is 0 Å². The first-order chi connectivity index (χ1) is 14.5. The number of halogens is 1. The molecule has 0 spiro atoms. The Labute approximate surface area is 181 Å². The molecule has 0 bridgehead atoms. The summed E-state index contributed by atoms with van der Waals surface area (Å²) in [7, 11) is 3.73. The summed E-state index contributed by atoms with van der Waals surface area (Å²) in [5.41, 5.74) is 1.47. The molecule has 3 rings (SSSR count). The van der Waals surface area contributed by atoms with Crippen molar-refractivity contribution in [2.75, 3.05) is 52.2 Å². The van der Waals surface area contributed by atoms with E-state index >= 15 is 0 Å². The lowest BCUT2D eigenvalue weighted by Gasteiger charge is -2.38. The first-order valence-electron chi connectivity index (χ1n) is 9.88. The van der Waals surface area contributed by atoms with Crippen LogP contribution in [0.15, 0.2) is 48.5 Å². The molecule has 1 heterocycles. The molecule has 2 amide bonds. The molecule has 0 radical (unpaired) electrons. The highest BCUT2D eigenvalue weighted by atomic mass is 35.5. The summed E-state index contributed by atoms with van der Waals surface area (Å²) in [5.74, 6) is -0.656. The van der Waals surface area contributed by atoms with Crippen molar-refractivity contribution in [1.82, 2.24) is 15.1 Å². The summed E-state index contributed by atoms with van der Waals surface area (Å²) in [4.78, 5) is 29.3. The molecule has 0 aliphatic carbocycles. The Morgan fingerprint density at radius 1 is 1.03 bits per heavy atom. The fraction of sp³-hybridized carbons (Fsp3) is 0.364. The van der Waals surface area contributed by atoms with E-state index in [-0.39, 0.29) is 6.04 Å². The van der Waals surface area contributed by atoms with Crippen LogP contribution in [0.25, 0.3) is 0 Å². The minimum Gasteiger partial charge on any atom is -0.497 e. The summed E-state index contributed by atoms with van der Waals surface area (Å²) in [6.45, 7) is 4.00. The molecule has 0 unspecified atom stereocenters. The number of hydrogen-bond acceptors (Lipinski definition) is 5. The van der Waals surface area contributed by atoms with Crippen molar-refractivity contribution < 1.29 is 14.3 Å². The van der Waals surface area contributed by atoms with Crippen molar-refractivity contribution >= 4 is 29.1 Å². The van der Waals surface area contributed by atoms with Gasteiger partial charge in [0.15, 0.2) is 0 Å². The molecule has 1 atom stereocenters. The minimum absolute atomic E-state index is 0.0401. The van der Waals surface area contributed by atoms with Crippen LogP contribution in [0, 0.1) is 0 Å². The first-order valence-corrected chi connectivity index (χ1v) is 10.3. The molecule has 1 aliphatic heterocycles. The molecule has 1 saturated heterocycles. The van der Waals surface area contributed by atoms with Gasteiger partial charge in [0, 0.05) is 32.7 Å². The molecule has 2 N–H and O–H groups in total. The third-order valence-electron chi connectivity index (χ3n) is 5.26. The van der Waals surface area contributed by atoms with Gasteiger partial charge in [0.05, 0.1) is 23.9 Å². The molecule has 1 aliphatic rings. The van der Waals surface area contributed by atoms with Gasteiger partial charge >= 0.3 is 11.8 Å². The van der Waals surface area contributed by atoms with Crippen LogP contribution < -0.4 is 15.4 Å². The fourth-order valence-electron chi connectivity index (χ4n) is 3.43. The van der Waals surface area contributed by atoms with Crippen LogP contribution in [0.5, 0.6) is 5.75 Å². The quantitative estimate of drug-likeness (QED) is 0.688. The van der Waals surface area contributed by atoms with Gasteiger partial charge < -0.3 is 20.3 Å².